The largest absolute Gasteiger partial charge is 0.352 e. The Morgan fingerprint density at radius 2 is 2.13 bits per heavy atom. The van der Waals surface area contributed by atoms with Gasteiger partial charge in [0.25, 0.3) is 0 Å². The van der Waals surface area contributed by atoms with Crippen LogP contribution in [0.1, 0.15) is 46.0 Å². The number of Topliss-reactive ketones (excluding diaryl/α,β-unsaturated/α-hetero) is 1. The topological polar surface area (TPSA) is 52.9 Å². The van der Waals surface area contributed by atoms with Crippen molar-refractivity contribution in [1.82, 2.24) is 5.32 Å². The molecule has 0 saturated carbocycles. The third-order valence-corrected chi connectivity index (χ3v) is 5.89. The van der Waals surface area contributed by atoms with E-state index in [2.05, 4.69) is 37.4 Å². The minimum Gasteiger partial charge on any atom is -0.352 e. The van der Waals surface area contributed by atoms with E-state index < -0.39 is 0 Å². The summed E-state index contributed by atoms with van der Waals surface area (Å²) in [6.45, 7) is 4.30. The van der Waals surface area contributed by atoms with Gasteiger partial charge in [-0.1, -0.05) is 26.0 Å². The molecule has 0 unspecified atom stereocenters. The smallest absolute Gasteiger partial charge is 0.161 e. The van der Waals surface area contributed by atoms with E-state index in [0.717, 1.165) is 47.6 Å². The van der Waals surface area contributed by atoms with Crippen molar-refractivity contribution in [2.75, 3.05) is 6.26 Å². The lowest BCUT2D eigenvalue weighted by Gasteiger charge is -2.41. The van der Waals surface area contributed by atoms with E-state index in [1.807, 2.05) is 6.26 Å². The summed E-state index contributed by atoms with van der Waals surface area (Å²) in [6.07, 6.45) is 11.0. The molecular weight excluding hydrogens is 304 g/mol. The molecule has 3 aliphatic rings. The molecule has 0 aromatic carbocycles. The average Bonchev–Trinajstić information content (AvgIpc) is 2.52. The number of dihydropyridines is 1. The van der Waals surface area contributed by atoms with Gasteiger partial charge < -0.3 is 5.32 Å². The maximum Gasteiger partial charge on any atom is 0.161 e. The van der Waals surface area contributed by atoms with Crippen molar-refractivity contribution in [3.05, 3.63) is 34.0 Å². The number of nitrogens with zero attached hydrogens (tertiary/aromatic N) is 1. The number of nitrogens with one attached hydrogen (secondary N) is 1. The summed E-state index contributed by atoms with van der Waals surface area (Å²) in [6, 6.07) is 2.41. The Balaban J connectivity index is 2.09. The summed E-state index contributed by atoms with van der Waals surface area (Å²) in [5, 5.41) is 14.1. The highest BCUT2D eigenvalue weighted by molar-refractivity contribution is 8.02. The van der Waals surface area contributed by atoms with Crippen LogP contribution in [-0.4, -0.2) is 12.0 Å². The van der Waals surface area contributed by atoms with Gasteiger partial charge in [-0.3, -0.25) is 4.79 Å². The molecule has 23 heavy (non-hydrogen) atoms. The highest BCUT2D eigenvalue weighted by atomic mass is 32.2. The second-order valence-electron chi connectivity index (χ2n) is 7.54. The Labute approximate surface area is 142 Å². The zero-order valence-corrected chi connectivity index (χ0v) is 14.9. The standard InChI is InChI=1S/C19H24N2OS/c1-19(2)9-14-17(15(22)10-19)16(12-7-5-4-6-8-12)13(11-20)18(21-14)23-3/h4-5,12,16,21H,6-10H2,1-3H3/t12-,16-/m0/s1. The Bertz CT molecular complexity index is 663. The molecule has 4 heteroatoms. The van der Waals surface area contributed by atoms with Gasteiger partial charge in [-0.25, -0.2) is 0 Å². The van der Waals surface area contributed by atoms with Gasteiger partial charge in [0.1, 0.15) is 0 Å². The molecule has 0 saturated heterocycles. The summed E-state index contributed by atoms with van der Waals surface area (Å²) in [5.74, 6) is 0.581. The number of nitriles is 1. The molecule has 0 aromatic heterocycles. The number of rotatable bonds is 2. The number of thioether (sulfide) groups is 1. The molecule has 2 aliphatic carbocycles. The normalized spacial score (nSPS) is 29.9. The summed E-state index contributed by atoms with van der Waals surface area (Å²) >= 11 is 1.59. The monoisotopic (exact) mass is 328 g/mol. The molecule has 0 amide bonds. The third kappa shape index (κ3) is 2.99. The molecule has 0 aromatic rings. The van der Waals surface area contributed by atoms with Crippen molar-refractivity contribution < 1.29 is 4.79 Å². The van der Waals surface area contributed by atoms with Crippen LogP contribution in [0, 0.1) is 28.6 Å². The van der Waals surface area contributed by atoms with Gasteiger partial charge in [0.15, 0.2) is 5.78 Å². The number of hydrogen-bond acceptors (Lipinski definition) is 4. The van der Waals surface area contributed by atoms with Crippen molar-refractivity contribution in [3.8, 4) is 6.07 Å². The lowest BCUT2D eigenvalue weighted by molar-refractivity contribution is -0.118. The average molecular weight is 328 g/mol. The molecule has 1 N–H and O–H groups in total. The number of allylic oxidation sites excluding steroid dienone is 5. The van der Waals surface area contributed by atoms with Gasteiger partial charge in [0.2, 0.25) is 0 Å². The number of hydrogen-bond donors (Lipinski definition) is 1. The van der Waals surface area contributed by atoms with E-state index in [0.29, 0.717) is 12.3 Å². The Kier molecular flexibility index (Phi) is 4.42. The van der Waals surface area contributed by atoms with Crippen LogP contribution in [0.5, 0.6) is 0 Å². The zero-order valence-electron chi connectivity index (χ0n) is 14.1. The van der Waals surface area contributed by atoms with E-state index in [1.165, 1.54) is 0 Å². The first-order chi connectivity index (χ1) is 11.0. The van der Waals surface area contributed by atoms with Gasteiger partial charge in [-0.15, -0.1) is 11.8 Å². The lowest BCUT2D eigenvalue weighted by atomic mass is 9.66. The van der Waals surface area contributed by atoms with Gasteiger partial charge in [-0.2, -0.15) is 5.26 Å². The summed E-state index contributed by atoms with van der Waals surface area (Å²) < 4.78 is 0. The lowest BCUT2D eigenvalue weighted by Crippen LogP contribution is -2.39. The molecule has 0 bridgehead atoms. The first-order valence-corrected chi connectivity index (χ1v) is 9.56. The van der Waals surface area contributed by atoms with E-state index in [1.54, 1.807) is 11.8 Å². The summed E-state index contributed by atoms with van der Waals surface area (Å²) in [4.78, 5) is 12.9. The fourth-order valence-electron chi connectivity index (χ4n) is 4.17. The highest BCUT2D eigenvalue weighted by Gasteiger charge is 2.43. The number of carbonyl (C=O) groups is 1. The van der Waals surface area contributed by atoms with E-state index in [4.69, 9.17) is 0 Å². The second-order valence-corrected chi connectivity index (χ2v) is 8.36. The van der Waals surface area contributed by atoms with Gasteiger partial charge >= 0.3 is 0 Å². The third-order valence-electron chi connectivity index (χ3n) is 5.16. The molecule has 0 fully saturated rings. The van der Waals surface area contributed by atoms with Crippen LogP contribution in [0.15, 0.2) is 34.0 Å². The van der Waals surface area contributed by atoms with Gasteiger partial charge in [0, 0.05) is 23.6 Å². The van der Waals surface area contributed by atoms with E-state index >= 15 is 0 Å². The molecule has 122 valence electrons. The maximum atomic E-state index is 12.9. The minimum absolute atomic E-state index is 0.00635. The Morgan fingerprint density at radius 3 is 2.74 bits per heavy atom. The van der Waals surface area contributed by atoms with Crippen molar-refractivity contribution in [2.24, 2.45) is 17.3 Å². The summed E-state index contributed by atoms with van der Waals surface area (Å²) in [7, 11) is 0. The van der Waals surface area contributed by atoms with Crippen LogP contribution in [0.2, 0.25) is 0 Å². The predicted molar refractivity (Wildman–Crippen MR) is 94.3 cm³/mol. The summed E-state index contributed by atoms with van der Waals surface area (Å²) in [5.41, 5.74) is 2.73. The molecule has 2 atom stereocenters. The number of carbonyl (C=O) groups excluding carboxylic acids is 1. The second kappa shape index (κ2) is 6.20. The molecule has 0 radical (unpaired) electrons. The van der Waals surface area contributed by atoms with Crippen molar-refractivity contribution in [3.63, 3.8) is 0 Å². The van der Waals surface area contributed by atoms with E-state index in [9.17, 15) is 10.1 Å². The van der Waals surface area contributed by atoms with Gasteiger partial charge in [-0.05, 0) is 43.3 Å². The first kappa shape index (κ1) is 16.4. The fraction of sp³-hybridized carbons (Fsp3) is 0.579. The highest BCUT2D eigenvalue weighted by Crippen LogP contribution is 2.48. The molecule has 3 rings (SSSR count). The van der Waals surface area contributed by atoms with Gasteiger partial charge in [0.05, 0.1) is 16.7 Å². The van der Waals surface area contributed by atoms with Crippen LogP contribution in [0.3, 0.4) is 0 Å². The first-order valence-electron chi connectivity index (χ1n) is 8.33. The SMILES string of the molecule is CSC1=C(C#N)[C@H]([C@H]2CC=CCC2)C2=C(CC(C)(C)CC2=O)N1. The maximum absolute atomic E-state index is 12.9. The molecule has 0 spiro atoms. The fourth-order valence-corrected chi connectivity index (χ4v) is 4.79. The predicted octanol–water partition coefficient (Wildman–Crippen LogP) is 4.30. The Morgan fingerprint density at radius 1 is 1.35 bits per heavy atom. The van der Waals surface area contributed by atoms with Crippen molar-refractivity contribution >= 4 is 17.5 Å². The van der Waals surface area contributed by atoms with Crippen LogP contribution in [0.4, 0.5) is 0 Å². The Hall–Kier alpha value is -1.47. The van der Waals surface area contributed by atoms with Crippen LogP contribution in [-0.2, 0) is 4.79 Å². The molecule has 1 heterocycles. The van der Waals surface area contributed by atoms with E-state index in [-0.39, 0.29) is 17.1 Å². The quantitative estimate of drug-likeness (QED) is 0.768. The minimum atomic E-state index is -0.0211. The van der Waals surface area contributed by atoms with Crippen LogP contribution >= 0.6 is 11.8 Å². The molecular formula is C19H24N2OS. The molecule has 3 nitrogen and oxygen atoms in total. The molecule has 1 aliphatic heterocycles. The number of ketones is 1. The van der Waals surface area contributed by atoms with Crippen LogP contribution in [0.25, 0.3) is 0 Å². The van der Waals surface area contributed by atoms with Crippen molar-refractivity contribution in [1.29, 1.82) is 5.26 Å². The van der Waals surface area contributed by atoms with Crippen LogP contribution < -0.4 is 5.32 Å². The zero-order chi connectivity index (χ0) is 16.6. The van der Waals surface area contributed by atoms with Crippen molar-refractivity contribution in [2.45, 2.75) is 46.0 Å².